The van der Waals surface area contributed by atoms with Crippen LogP contribution in [0.1, 0.15) is 6.92 Å². The maximum absolute atomic E-state index is 8.88. The predicted octanol–water partition coefficient (Wildman–Crippen LogP) is -0.0937. The summed E-state index contributed by atoms with van der Waals surface area (Å²) in [6.45, 7) is 4.32. The van der Waals surface area contributed by atoms with Gasteiger partial charge in [0.15, 0.2) is 0 Å². The first-order chi connectivity index (χ1) is 5.83. The largest absolute Gasteiger partial charge is 0.466 e. The third kappa shape index (κ3) is 11.4. The van der Waals surface area contributed by atoms with Crippen molar-refractivity contribution < 1.29 is 23.9 Å². The van der Waals surface area contributed by atoms with Crippen molar-refractivity contribution in [2.45, 2.75) is 6.92 Å². The van der Waals surface area contributed by atoms with E-state index in [0.717, 1.165) is 13.2 Å². The Balaban J connectivity index is 0. The van der Waals surface area contributed by atoms with Gasteiger partial charge in [0.25, 0.3) is 0 Å². The van der Waals surface area contributed by atoms with Gasteiger partial charge in [-0.3, -0.25) is 4.70 Å². The van der Waals surface area contributed by atoms with Crippen LogP contribution in [0.2, 0.25) is 0 Å². The molecule has 8 heteroatoms. The summed E-state index contributed by atoms with van der Waals surface area (Å²) >= 11 is 0. The second kappa shape index (κ2) is 6.78. The van der Waals surface area contributed by atoms with E-state index in [0.29, 0.717) is 0 Å². The van der Waals surface area contributed by atoms with Crippen LogP contribution in [0.4, 0.5) is 4.70 Å². The highest BCUT2D eigenvalue weighted by Crippen LogP contribution is 2.25. The Bertz CT molecular complexity index is 212. The van der Waals surface area contributed by atoms with Crippen LogP contribution in [-0.2, 0) is 4.57 Å². The van der Waals surface area contributed by atoms with Crippen LogP contribution in [0, 0.1) is 0 Å². The lowest BCUT2D eigenvalue weighted by Crippen LogP contribution is -2.21. The number of phosphoric acid groups is 1. The summed E-state index contributed by atoms with van der Waals surface area (Å²) in [5.41, 5.74) is 0. The average molecular weight is 230 g/mol. The lowest BCUT2D eigenvalue weighted by atomic mass is 10.6. The van der Waals surface area contributed by atoms with Crippen LogP contribution in [0.15, 0.2) is 12.4 Å². The van der Waals surface area contributed by atoms with Gasteiger partial charge in [-0.1, -0.05) is 0 Å². The second-order valence-corrected chi connectivity index (χ2v) is 3.64. The summed E-state index contributed by atoms with van der Waals surface area (Å²) in [5, 5.41) is 0. The molecule has 0 aromatic heterocycles. The first-order valence-electron chi connectivity index (χ1n) is 3.74. The summed E-state index contributed by atoms with van der Waals surface area (Å²) in [6.07, 6.45) is 4.20. The van der Waals surface area contributed by atoms with Gasteiger partial charge in [0.05, 0.1) is 6.67 Å². The van der Waals surface area contributed by atoms with Crippen molar-refractivity contribution in [3.8, 4) is 0 Å². The number of hydrogen-bond acceptors (Lipinski definition) is 3. The molecule has 0 spiro atoms. The van der Waals surface area contributed by atoms with E-state index in [4.69, 9.17) is 19.2 Å². The normalized spacial score (nSPS) is 14.6. The Morgan fingerprint density at radius 3 is 1.93 bits per heavy atom. The molecule has 0 amide bonds. The zero-order valence-electron chi connectivity index (χ0n) is 8.07. The van der Waals surface area contributed by atoms with Gasteiger partial charge in [0.2, 0.25) is 0 Å². The van der Waals surface area contributed by atoms with Crippen LogP contribution >= 0.6 is 7.82 Å². The van der Waals surface area contributed by atoms with Gasteiger partial charge in [-0.15, -0.1) is 0 Å². The van der Waals surface area contributed by atoms with E-state index in [1.807, 2.05) is 0 Å². The Labute approximate surface area is 82.1 Å². The first-order valence-corrected chi connectivity index (χ1v) is 5.30. The Hall–Kier alpha value is -0.620. The molecule has 0 bridgehead atoms. The first kappa shape index (κ1) is 15.8. The van der Waals surface area contributed by atoms with E-state index >= 15 is 0 Å². The van der Waals surface area contributed by atoms with Gasteiger partial charge < -0.3 is 24.5 Å². The molecule has 1 heterocycles. The topological polar surface area (TPSA) is 84.2 Å². The van der Waals surface area contributed by atoms with Gasteiger partial charge in [0.1, 0.15) is 0 Å². The predicted molar refractivity (Wildman–Crippen MR) is 50.9 cm³/mol. The molecule has 3 N–H and O–H groups in total. The molecule has 1 rings (SSSR count). The third-order valence-corrected chi connectivity index (χ3v) is 1.34. The van der Waals surface area contributed by atoms with Gasteiger partial charge in [-0.2, -0.15) is 0 Å². The lowest BCUT2D eigenvalue weighted by molar-refractivity contribution is 0.275. The minimum absolute atomic E-state index is 0. The standard InChI is InChI=1S/C6H12N2.FH.H3O4P/c1-3-8-5-4-7(2)6-8;;1-5(2,3)4/h4-5H,3,6H2,1-2H3;1H;(H3,1,2,3,4). The molecule has 14 heavy (non-hydrogen) atoms. The van der Waals surface area contributed by atoms with Gasteiger partial charge >= 0.3 is 7.82 Å². The fourth-order valence-corrected chi connectivity index (χ4v) is 0.794. The Kier molecular flexibility index (Phi) is 7.67. The summed E-state index contributed by atoms with van der Waals surface area (Å²) in [4.78, 5) is 26.0. The highest BCUT2D eigenvalue weighted by Gasteiger charge is 2.03. The molecular weight excluding hydrogens is 214 g/mol. The van der Waals surface area contributed by atoms with Crippen molar-refractivity contribution in [3.63, 3.8) is 0 Å². The van der Waals surface area contributed by atoms with Gasteiger partial charge in [0, 0.05) is 26.0 Å². The monoisotopic (exact) mass is 230 g/mol. The average Bonchev–Trinajstić information content (AvgIpc) is 2.31. The number of hydrogen-bond donors (Lipinski definition) is 3. The highest BCUT2D eigenvalue weighted by molar-refractivity contribution is 7.45. The Morgan fingerprint density at radius 2 is 1.79 bits per heavy atom. The number of nitrogens with zero attached hydrogens (tertiary/aromatic N) is 2. The zero-order valence-corrected chi connectivity index (χ0v) is 8.96. The molecular formula is C6H16FN2O4P. The molecule has 0 aliphatic carbocycles. The van der Waals surface area contributed by atoms with Crippen LogP contribution in [0.25, 0.3) is 0 Å². The third-order valence-electron chi connectivity index (χ3n) is 1.34. The van der Waals surface area contributed by atoms with Crippen LogP contribution in [0.3, 0.4) is 0 Å². The van der Waals surface area contributed by atoms with E-state index < -0.39 is 7.82 Å². The molecule has 1 aliphatic rings. The smallest absolute Gasteiger partial charge is 0.362 e. The van der Waals surface area contributed by atoms with Crippen molar-refractivity contribution in [1.82, 2.24) is 9.80 Å². The second-order valence-electron chi connectivity index (χ2n) is 2.61. The quantitative estimate of drug-likeness (QED) is 0.546. The molecule has 0 radical (unpaired) electrons. The molecule has 0 saturated carbocycles. The minimum atomic E-state index is -4.64. The summed E-state index contributed by atoms with van der Waals surface area (Å²) in [7, 11) is -2.56. The summed E-state index contributed by atoms with van der Waals surface area (Å²) < 4.78 is 8.88. The SMILES string of the molecule is CCN1C=CN(C)C1.F.O=P(O)(O)O. The van der Waals surface area contributed by atoms with Crippen LogP contribution < -0.4 is 0 Å². The maximum atomic E-state index is 8.88. The van der Waals surface area contributed by atoms with E-state index in [-0.39, 0.29) is 4.70 Å². The van der Waals surface area contributed by atoms with E-state index in [1.165, 1.54) is 0 Å². The molecule has 86 valence electrons. The van der Waals surface area contributed by atoms with Crippen molar-refractivity contribution in [1.29, 1.82) is 0 Å². The van der Waals surface area contributed by atoms with Crippen LogP contribution in [-0.4, -0.2) is 44.7 Å². The van der Waals surface area contributed by atoms with E-state index in [2.05, 4.69) is 36.2 Å². The fraction of sp³-hybridized carbons (Fsp3) is 0.667. The molecule has 0 unspecified atom stereocenters. The van der Waals surface area contributed by atoms with Gasteiger partial charge in [-0.25, -0.2) is 4.57 Å². The molecule has 0 aromatic carbocycles. The summed E-state index contributed by atoms with van der Waals surface area (Å²) in [5.74, 6) is 0. The van der Waals surface area contributed by atoms with Crippen molar-refractivity contribution in [2.24, 2.45) is 0 Å². The molecule has 0 atom stereocenters. The van der Waals surface area contributed by atoms with Gasteiger partial charge in [-0.05, 0) is 6.92 Å². The number of rotatable bonds is 1. The van der Waals surface area contributed by atoms with Crippen LogP contribution in [0.5, 0.6) is 0 Å². The van der Waals surface area contributed by atoms with Crippen molar-refractivity contribution >= 4 is 7.82 Å². The number of halogens is 1. The fourth-order valence-electron chi connectivity index (χ4n) is 0.794. The summed E-state index contributed by atoms with van der Waals surface area (Å²) in [6, 6.07) is 0. The van der Waals surface area contributed by atoms with Crippen molar-refractivity contribution in [2.75, 3.05) is 20.3 Å². The Morgan fingerprint density at radius 1 is 1.36 bits per heavy atom. The molecule has 0 fully saturated rings. The zero-order chi connectivity index (χ0) is 10.5. The lowest BCUT2D eigenvalue weighted by Gasteiger charge is -2.14. The highest BCUT2D eigenvalue weighted by atomic mass is 31.2. The minimum Gasteiger partial charge on any atom is -0.362 e. The molecule has 0 saturated heterocycles. The van der Waals surface area contributed by atoms with E-state index in [1.54, 1.807) is 0 Å². The van der Waals surface area contributed by atoms with Crippen molar-refractivity contribution in [3.05, 3.63) is 12.4 Å². The molecule has 0 aromatic rings. The maximum Gasteiger partial charge on any atom is 0.466 e. The molecule has 1 aliphatic heterocycles. The molecule has 6 nitrogen and oxygen atoms in total. The van der Waals surface area contributed by atoms with E-state index in [9.17, 15) is 0 Å².